The highest BCUT2D eigenvalue weighted by Crippen LogP contribution is 2.30. The Balaban J connectivity index is 2.22. The van der Waals surface area contributed by atoms with E-state index in [4.69, 9.17) is 16.7 Å². The number of rotatable bonds is 3. The van der Waals surface area contributed by atoms with Crippen LogP contribution in [0.1, 0.15) is 32.0 Å². The average Bonchev–Trinajstić information content (AvgIpc) is 2.88. The van der Waals surface area contributed by atoms with Gasteiger partial charge in [0.1, 0.15) is 12.1 Å². The second-order valence-corrected chi connectivity index (χ2v) is 6.88. The topological polar surface area (TPSA) is 55.6 Å². The maximum atomic E-state index is 6.31. The van der Waals surface area contributed by atoms with Gasteiger partial charge in [0.05, 0.1) is 16.6 Å². The molecule has 0 radical (unpaired) electrons. The summed E-state index contributed by atoms with van der Waals surface area (Å²) in [7, 11) is 1.86. The molecule has 2 aromatic heterocycles. The number of anilines is 1. The van der Waals surface area contributed by atoms with Crippen molar-refractivity contribution in [1.82, 2.24) is 19.7 Å². The van der Waals surface area contributed by atoms with Crippen molar-refractivity contribution < 1.29 is 0 Å². The quantitative estimate of drug-likeness (QED) is 0.792. The second-order valence-electron chi connectivity index (χ2n) is 6.47. The van der Waals surface area contributed by atoms with Crippen molar-refractivity contribution in [3.8, 4) is 0 Å². The van der Waals surface area contributed by atoms with Crippen molar-refractivity contribution in [3.05, 3.63) is 46.9 Å². The van der Waals surface area contributed by atoms with Gasteiger partial charge in [-0.1, -0.05) is 29.8 Å². The lowest BCUT2D eigenvalue weighted by Crippen LogP contribution is -2.23. The molecule has 0 aliphatic heterocycles. The minimum atomic E-state index is -0.170. The highest BCUT2D eigenvalue weighted by Gasteiger charge is 2.23. The molecule has 6 heteroatoms. The van der Waals surface area contributed by atoms with Gasteiger partial charge in [-0.15, -0.1) is 0 Å². The molecule has 23 heavy (non-hydrogen) atoms. The van der Waals surface area contributed by atoms with Crippen LogP contribution in [0.4, 0.5) is 5.82 Å². The predicted octanol–water partition coefficient (Wildman–Crippen LogP) is 3.87. The van der Waals surface area contributed by atoms with Crippen molar-refractivity contribution in [2.45, 2.75) is 32.7 Å². The Morgan fingerprint density at radius 3 is 2.57 bits per heavy atom. The van der Waals surface area contributed by atoms with Crippen molar-refractivity contribution in [2.24, 2.45) is 0 Å². The van der Waals surface area contributed by atoms with Gasteiger partial charge in [-0.3, -0.25) is 0 Å². The first-order valence-electron chi connectivity index (χ1n) is 7.56. The van der Waals surface area contributed by atoms with E-state index < -0.39 is 0 Å². The summed E-state index contributed by atoms with van der Waals surface area (Å²) in [5.74, 6) is 0.785. The Hall–Kier alpha value is -2.14. The van der Waals surface area contributed by atoms with E-state index in [1.165, 1.54) is 0 Å². The lowest BCUT2D eigenvalue weighted by molar-refractivity contribution is 0.363. The third kappa shape index (κ3) is 2.88. The highest BCUT2D eigenvalue weighted by atomic mass is 35.5. The van der Waals surface area contributed by atoms with Crippen LogP contribution in [0, 0.1) is 0 Å². The number of fused-ring (bicyclic) bond motifs is 1. The van der Waals surface area contributed by atoms with Gasteiger partial charge in [0.15, 0.2) is 5.65 Å². The summed E-state index contributed by atoms with van der Waals surface area (Å²) in [4.78, 5) is 8.79. The largest absolute Gasteiger partial charge is 0.372 e. The molecule has 0 atom stereocenters. The third-order valence-electron chi connectivity index (χ3n) is 3.73. The van der Waals surface area contributed by atoms with Gasteiger partial charge in [-0.25, -0.2) is 14.6 Å². The molecule has 0 saturated heterocycles. The summed E-state index contributed by atoms with van der Waals surface area (Å²) in [6.45, 7) is 6.33. The van der Waals surface area contributed by atoms with Crippen LogP contribution in [0.15, 0.2) is 30.6 Å². The molecule has 3 aromatic rings. The van der Waals surface area contributed by atoms with E-state index in [-0.39, 0.29) is 5.54 Å². The number of hydrogen-bond acceptors (Lipinski definition) is 4. The smallest absolute Gasteiger partial charge is 0.164 e. The Morgan fingerprint density at radius 2 is 1.91 bits per heavy atom. The lowest BCUT2D eigenvalue weighted by Gasteiger charge is -2.19. The number of halogens is 1. The number of hydrogen-bond donors (Lipinski definition) is 1. The summed E-state index contributed by atoms with van der Waals surface area (Å²) in [5, 5.41) is 9.65. The maximum Gasteiger partial charge on any atom is 0.164 e. The fourth-order valence-electron chi connectivity index (χ4n) is 2.62. The Labute approximate surface area is 140 Å². The molecule has 3 rings (SSSR count). The zero-order valence-corrected chi connectivity index (χ0v) is 14.5. The highest BCUT2D eigenvalue weighted by molar-refractivity contribution is 6.31. The normalized spacial score (nSPS) is 11.9. The monoisotopic (exact) mass is 329 g/mol. The molecular formula is C17H20ClN5. The standard InChI is InChI=1S/C17H20ClN5/c1-17(2,3)23-16-14(15(19-4)20-10-21-16)13(22-23)9-11-7-5-6-8-12(11)18/h5-8,10H,9H2,1-4H3,(H,19,20,21). The van der Waals surface area contributed by atoms with Crippen molar-refractivity contribution in [1.29, 1.82) is 0 Å². The molecule has 1 aromatic carbocycles. The summed E-state index contributed by atoms with van der Waals surface area (Å²) in [5.41, 5.74) is 2.63. The van der Waals surface area contributed by atoms with Gasteiger partial charge in [0.2, 0.25) is 0 Å². The van der Waals surface area contributed by atoms with Crippen LogP contribution >= 0.6 is 11.6 Å². The third-order valence-corrected chi connectivity index (χ3v) is 4.09. The average molecular weight is 330 g/mol. The van der Waals surface area contributed by atoms with Gasteiger partial charge in [-0.2, -0.15) is 5.10 Å². The Morgan fingerprint density at radius 1 is 1.17 bits per heavy atom. The molecule has 0 aliphatic carbocycles. The zero-order valence-electron chi connectivity index (χ0n) is 13.8. The number of nitrogens with one attached hydrogen (secondary N) is 1. The van der Waals surface area contributed by atoms with E-state index in [2.05, 4.69) is 36.1 Å². The molecule has 0 saturated carbocycles. The molecule has 0 bridgehead atoms. The maximum absolute atomic E-state index is 6.31. The molecular weight excluding hydrogens is 310 g/mol. The molecule has 0 unspecified atom stereocenters. The SMILES string of the molecule is CNc1ncnc2c1c(Cc1ccccc1Cl)nn2C(C)(C)C. The molecule has 2 heterocycles. The first-order chi connectivity index (χ1) is 10.9. The van der Waals surface area contributed by atoms with Crippen LogP contribution < -0.4 is 5.32 Å². The molecule has 0 amide bonds. The van der Waals surface area contributed by atoms with Crippen LogP contribution in [-0.2, 0) is 12.0 Å². The zero-order chi connectivity index (χ0) is 16.6. The van der Waals surface area contributed by atoms with Crippen LogP contribution in [0.5, 0.6) is 0 Å². The minimum absolute atomic E-state index is 0.170. The van der Waals surface area contributed by atoms with E-state index in [0.29, 0.717) is 6.42 Å². The van der Waals surface area contributed by atoms with Gasteiger partial charge >= 0.3 is 0 Å². The number of benzene rings is 1. The Kier molecular flexibility index (Phi) is 3.98. The summed E-state index contributed by atoms with van der Waals surface area (Å²) in [6, 6.07) is 7.84. The van der Waals surface area contributed by atoms with Crippen LogP contribution in [0.2, 0.25) is 5.02 Å². The first kappa shape index (κ1) is 15.7. The lowest BCUT2D eigenvalue weighted by atomic mass is 10.1. The van der Waals surface area contributed by atoms with Crippen LogP contribution in [0.25, 0.3) is 11.0 Å². The van der Waals surface area contributed by atoms with E-state index in [1.807, 2.05) is 36.0 Å². The van der Waals surface area contributed by atoms with Crippen molar-refractivity contribution in [3.63, 3.8) is 0 Å². The van der Waals surface area contributed by atoms with Gasteiger partial charge in [-0.05, 0) is 32.4 Å². The number of nitrogens with zero attached hydrogens (tertiary/aromatic N) is 4. The fraction of sp³-hybridized carbons (Fsp3) is 0.353. The first-order valence-corrected chi connectivity index (χ1v) is 7.94. The molecule has 120 valence electrons. The molecule has 5 nitrogen and oxygen atoms in total. The van der Waals surface area contributed by atoms with Crippen molar-refractivity contribution >= 4 is 28.5 Å². The van der Waals surface area contributed by atoms with Crippen LogP contribution in [0.3, 0.4) is 0 Å². The van der Waals surface area contributed by atoms with Gasteiger partial charge in [0.25, 0.3) is 0 Å². The Bertz CT molecular complexity index is 848. The molecule has 0 spiro atoms. The molecule has 1 N–H and O–H groups in total. The summed E-state index contributed by atoms with van der Waals surface area (Å²) in [6.07, 6.45) is 2.21. The van der Waals surface area contributed by atoms with E-state index >= 15 is 0 Å². The minimum Gasteiger partial charge on any atom is -0.372 e. The van der Waals surface area contributed by atoms with E-state index in [9.17, 15) is 0 Å². The summed E-state index contributed by atoms with van der Waals surface area (Å²) >= 11 is 6.31. The van der Waals surface area contributed by atoms with Gasteiger partial charge < -0.3 is 5.32 Å². The van der Waals surface area contributed by atoms with E-state index in [0.717, 1.165) is 33.1 Å². The van der Waals surface area contributed by atoms with Crippen LogP contribution in [-0.4, -0.2) is 26.8 Å². The molecule has 0 fully saturated rings. The summed E-state index contributed by atoms with van der Waals surface area (Å²) < 4.78 is 1.96. The van der Waals surface area contributed by atoms with Gasteiger partial charge in [0, 0.05) is 18.5 Å². The number of aromatic nitrogens is 4. The van der Waals surface area contributed by atoms with Crippen molar-refractivity contribution in [2.75, 3.05) is 12.4 Å². The predicted molar refractivity (Wildman–Crippen MR) is 94.1 cm³/mol. The molecule has 0 aliphatic rings. The fourth-order valence-corrected chi connectivity index (χ4v) is 2.83. The van der Waals surface area contributed by atoms with E-state index in [1.54, 1.807) is 6.33 Å². The second kappa shape index (κ2) is 5.81.